The van der Waals surface area contributed by atoms with Crippen molar-refractivity contribution in [2.45, 2.75) is 18.5 Å². The topological polar surface area (TPSA) is 94.7 Å². The summed E-state index contributed by atoms with van der Waals surface area (Å²) in [5.74, 6) is -0.923. The van der Waals surface area contributed by atoms with Crippen molar-refractivity contribution < 1.29 is 24.2 Å². The molecule has 2 aromatic carbocycles. The molecule has 2 atom stereocenters. The summed E-state index contributed by atoms with van der Waals surface area (Å²) in [6.45, 7) is 0. The Morgan fingerprint density at radius 2 is 1.96 bits per heavy atom. The SMILES string of the molecule is COc1ccc2c(c1OC)C(=O)N1[C@H]2c2[nH]c3ccccc3c2C[C@H]1C(=O)[O-]. The van der Waals surface area contributed by atoms with E-state index in [0.717, 1.165) is 22.2 Å². The van der Waals surface area contributed by atoms with Crippen LogP contribution in [0.1, 0.15) is 33.2 Å². The molecule has 0 saturated carbocycles. The first-order chi connectivity index (χ1) is 13.6. The Kier molecular flexibility index (Phi) is 3.43. The number of hydrogen-bond acceptors (Lipinski definition) is 5. The third-order valence-electron chi connectivity index (χ3n) is 5.72. The zero-order valence-electron chi connectivity index (χ0n) is 15.3. The van der Waals surface area contributed by atoms with Crippen LogP contribution < -0.4 is 14.6 Å². The van der Waals surface area contributed by atoms with Crippen LogP contribution in [-0.4, -0.2) is 42.0 Å². The zero-order valence-corrected chi connectivity index (χ0v) is 15.3. The summed E-state index contributed by atoms with van der Waals surface area (Å²) in [7, 11) is 2.96. The van der Waals surface area contributed by atoms with E-state index in [0.29, 0.717) is 22.6 Å². The van der Waals surface area contributed by atoms with Crippen molar-refractivity contribution in [2.75, 3.05) is 14.2 Å². The van der Waals surface area contributed by atoms with Gasteiger partial charge < -0.3 is 29.3 Å². The first-order valence-electron chi connectivity index (χ1n) is 8.94. The number of carbonyl (C=O) groups is 2. The normalized spacial score (nSPS) is 19.9. The Morgan fingerprint density at radius 1 is 1.18 bits per heavy atom. The second kappa shape index (κ2) is 5.76. The van der Waals surface area contributed by atoms with Gasteiger partial charge in [0.15, 0.2) is 11.5 Å². The lowest BCUT2D eigenvalue weighted by atomic mass is 9.90. The molecule has 1 N–H and O–H groups in total. The standard InChI is InChI=1S/C21H18N2O5/c1-27-15-8-7-11-16(19(15)28-2)20(24)23-14(21(25)26)9-12-10-5-3-4-6-13(10)22-17(12)18(11)23/h3-8,14,18,22H,9H2,1-2H3,(H,25,26)/p-1/t14-,18+/m0/s1. The summed E-state index contributed by atoms with van der Waals surface area (Å²) in [6.07, 6.45) is 0.192. The molecule has 0 aliphatic carbocycles. The molecule has 0 spiro atoms. The summed E-state index contributed by atoms with van der Waals surface area (Å²) in [6, 6.07) is 9.66. The fourth-order valence-corrected chi connectivity index (χ4v) is 4.57. The van der Waals surface area contributed by atoms with Gasteiger partial charge >= 0.3 is 0 Å². The quantitative estimate of drug-likeness (QED) is 0.745. The smallest absolute Gasteiger partial charge is 0.259 e. The van der Waals surface area contributed by atoms with E-state index < -0.39 is 24.0 Å². The number of carboxylic acids is 1. The Morgan fingerprint density at radius 3 is 2.68 bits per heavy atom. The van der Waals surface area contributed by atoms with Crippen LogP contribution in [0.4, 0.5) is 0 Å². The molecule has 3 heterocycles. The van der Waals surface area contributed by atoms with Gasteiger partial charge in [0.25, 0.3) is 5.91 Å². The van der Waals surface area contributed by atoms with Crippen molar-refractivity contribution in [3.63, 3.8) is 0 Å². The first-order valence-corrected chi connectivity index (χ1v) is 8.94. The van der Waals surface area contributed by atoms with Crippen LogP contribution >= 0.6 is 0 Å². The molecule has 2 aliphatic rings. The second-order valence-electron chi connectivity index (χ2n) is 6.98. The minimum Gasteiger partial charge on any atom is -0.548 e. The number of aromatic nitrogens is 1. The maximum Gasteiger partial charge on any atom is 0.259 e. The number of nitrogens with zero attached hydrogens (tertiary/aromatic N) is 1. The van der Waals surface area contributed by atoms with E-state index in [1.54, 1.807) is 12.1 Å². The number of nitrogens with one attached hydrogen (secondary N) is 1. The van der Waals surface area contributed by atoms with Crippen LogP contribution in [0.3, 0.4) is 0 Å². The van der Waals surface area contributed by atoms with Crippen molar-refractivity contribution in [1.29, 1.82) is 0 Å². The number of carbonyl (C=O) groups excluding carboxylic acids is 2. The second-order valence-corrected chi connectivity index (χ2v) is 6.98. The van der Waals surface area contributed by atoms with Crippen LogP contribution in [0, 0.1) is 0 Å². The van der Waals surface area contributed by atoms with E-state index in [-0.39, 0.29) is 6.42 Å². The number of rotatable bonds is 3. The molecule has 0 fully saturated rings. The maximum absolute atomic E-state index is 13.3. The number of hydrogen-bond donors (Lipinski definition) is 1. The number of H-pyrrole nitrogens is 1. The Balaban J connectivity index is 1.82. The highest BCUT2D eigenvalue weighted by Gasteiger charge is 2.49. The molecule has 28 heavy (non-hydrogen) atoms. The highest BCUT2D eigenvalue weighted by molar-refractivity contribution is 6.05. The lowest BCUT2D eigenvalue weighted by molar-refractivity contribution is -0.311. The fraction of sp³-hybridized carbons (Fsp3) is 0.238. The molecule has 5 rings (SSSR count). The van der Waals surface area contributed by atoms with E-state index in [1.165, 1.54) is 19.1 Å². The van der Waals surface area contributed by atoms with Gasteiger partial charge in [-0.2, -0.15) is 0 Å². The van der Waals surface area contributed by atoms with Crippen molar-refractivity contribution in [2.24, 2.45) is 0 Å². The highest BCUT2D eigenvalue weighted by Crippen LogP contribution is 2.50. The predicted molar refractivity (Wildman–Crippen MR) is 98.4 cm³/mol. The molecule has 0 radical (unpaired) electrons. The number of amides is 1. The van der Waals surface area contributed by atoms with Gasteiger partial charge in [-0.1, -0.05) is 24.3 Å². The maximum atomic E-state index is 13.3. The van der Waals surface area contributed by atoms with Gasteiger partial charge in [0.2, 0.25) is 0 Å². The molecule has 0 saturated heterocycles. The third kappa shape index (κ3) is 1.98. The van der Waals surface area contributed by atoms with E-state index in [2.05, 4.69) is 4.98 Å². The van der Waals surface area contributed by atoms with Crippen molar-refractivity contribution in [3.05, 3.63) is 58.8 Å². The number of fused-ring (bicyclic) bond motifs is 7. The minimum absolute atomic E-state index is 0.192. The van der Waals surface area contributed by atoms with Crippen molar-refractivity contribution in [1.82, 2.24) is 9.88 Å². The van der Waals surface area contributed by atoms with E-state index in [9.17, 15) is 14.7 Å². The molecule has 2 aliphatic heterocycles. The number of aromatic amines is 1. The Hall–Kier alpha value is -3.48. The Bertz CT molecular complexity index is 1150. The van der Waals surface area contributed by atoms with Crippen LogP contribution in [-0.2, 0) is 11.2 Å². The molecule has 142 valence electrons. The predicted octanol–water partition coefficient (Wildman–Crippen LogP) is 1.40. The number of aliphatic carboxylic acids is 1. The van der Waals surface area contributed by atoms with E-state index in [4.69, 9.17) is 9.47 Å². The average molecular weight is 377 g/mol. The van der Waals surface area contributed by atoms with Gasteiger partial charge in [-0.15, -0.1) is 0 Å². The lowest BCUT2D eigenvalue weighted by Gasteiger charge is -2.38. The number of para-hydroxylation sites is 1. The number of carboxylic acid groups (broad SMARTS) is 1. The molecular weight excluding hydrogens is 360 g/mol. The number of ether oxygens (including phenoxy) is 2. The molecular formula is C21H17N2O5-. The first kappa shape index (κ1) is 16.7. The van der Waals surface area contributed by atoms with Gasteiger partial charge in [-0.3, -0.25) is 4.79 Å². The monoisotopic (exact) mass is 377 g/mol. The van der Waals surface area contributed by atoms with E-state index >= 15 is 0 Å². The summed E-state index contributed by atoms with van der Waals surface area (Å²) in [5.41, 5.74) is 3.68. The molecule has 7 nitrogen and oxygen atoms in total. The fourth-order valence-electron chi connectivity index (χ4n) is 4.57. The molecule has 1 amide bonds. The number of methoxy groups -OCH3 is 2. The Labute approximate surface area is 160 Å². The molecule has 0 bridgehead atoms. The van der Waals surface area contributed by atoms with Gasteiger partial charge in [0, 0.05) is 23.0 Å². The van der Waals surface area contributed by atoms with E-state index in [1.807, 2.05) is 24.3 Å². The zero-order chi connectivity index (χ0) is 19.6. The van der Waals surface area contributed by atoms with Crippen LogP contribution in [0.15, 0.2) is 36.4 Å². The third-order valence-corrected chi connectivity index (χ3v) is 5.72. The molecule has 7 heteroatoms. The average Bonchev–Trinajstić information content (AvgIpc) is 3.22. The summed E-state index contributed by atoms with van der Waals surface area (Å²) in [5, 5.41) is 12.9. The van der Waals surface area contributed by atoms with Crippen molar-refractivity contribution >= 4 is 22.8 Å². The molecule has 1 aromatic heterocycles. The largest absolute Gasteiger partial charge is 0.548 e. The van der Waals surface area contributed by atoms with Gasteiger partial charge in [-0.05, 0) is 23.3 Å². The number of benzene rings is 2. The minimum atomic E-state index is -1.27. The van der Waals surface area contributed by atoms with Crippen LogP contribution in [0.2, 0.25) is 0 Å². The highest BCUT2D eigenvalue weighted by atomic mass is 16.5. The molecule has 0 unspecified atom stereocenters. The van der Waals surface area contributed by atoms with Crippen molar-refractivity contribution in [3.8, 4) is 11.5 Å². The lowest BCUT2D eigenvalue weighted by Crippen LogP contribution is -2.53. The van der Waals surface area contributed by atoms with Crippen LogP contribution in [0.25, 0.3) is 10.9 Å². The van der Waals surface area contributed by atoms with Gasteiger partial charge in [-0.25, -0.2) is 0 Å². The van der Waals surface area contributed by atoms with Gasteiger partial charge in [0.05, 0.1) is 37.8 Å². The van der Waals surface area contributed by atoms with Gasteiger partial charge in [0.1, 0.15) is 0 Å². The summed E-state index contributed by atoms with van der Waals surface area (Å²) in [4.78, 5) is 30.1. The summed E-state index contributed by atoms with van der Waals surface area (Å²) >= 11 is 0. The van der Waals surface area contributed by atoms with Crippen LogP contribution in [0.5, 0.6) is 11.5 Å². The summed E-state index contributed by atoms with van der Waals surface area (Å²) < 4.78 is 10.8. The molecule has 3 aromatic rings.